The molecule has 1 saturated heterocycles. The summed E-state index contributed by atoms with van der Waals surface area (Å²) in [5, 5.41) is 1.21. The van der Waals surface area contributed by atoms with E-state index in [1.165, 1.54) is 32.4 Å². The van der Waals surface area contributed by atoms with E-state index in [0.717, 1.165) is 0 Å². The molecule has 0 aliphatic carbocycles. The van der Waals surface area contributed by atoms with Crippen LogP contribution in [0.1, 0.15) is 5.56 Å². The highest BCUT2D eigenvalue weighted by Gasteiger charge is 2.34. The number of nitrogens with zero attached hydrogens (tertiary/aromatic N) is 1. The number of ether oxygens (including phenoxy) is 3. The van der Waals surface area contributed by atoms with Crippen molar-refractivity contribution in [2.45, 2.75) is 0 Å². The van der Waals surface area contributed by atoms with Crippen molar-refractivity contribution < 1.29 is 23.8 Å². The highest BCUT2D eigenvalue weighted by molar-refractivity contribution is 6.31. The second-order valence-electron chi connectivity index (χ2n) is 5.40. The van der Waals surface area contributed by atoms with E-state index >= 15 is 0 Å². The van der Waals surface area contributed by atoms with Gasteiger partial charge < -0.3 is 14.2 Å². The quantitative estimate of drug-likeness (QED) is 0.658. The van der Waals surface area contributed by atoms with Crippen molar-refractivity contribution in [1.82, 2.24) is 5.43 Å². The summed E-state index contributed by atoms with van der Waals surface area (Å²) in [6.45, 7) is 0. The Morgan fingerprint density at radius 2 is 1.58 bits per heavy atom. The van der Waals surface area contributed by atoms with E-state index in [1.807, 2.05) is 6.07 Å². The number of nitrogens with one attached hydrogen (secondary N) is 1. The highest BCUT2D eigenvalue weighted by atomic mass is 16.5. The smallest absolute Gasteiger partial charge is 0.282 e. The van der Waals surface area contributed by atoms with Gasteiger partial charge in [0.15, 0.2) is 11.5 Å². The average molecular weight is 354 g/mol. The third-order valence-electron chi connectivity index (χ3n) is 3.94. The molecule has 1 heterocycles. The van der Waals surface area contributed by atoms with Gasteiger partial charge in [0.05, 0.1) is 27.0 Å². The molecule has 0 spiro atoms. The molecule has 0 unspecified atom stereocenters. The number of benzene rings is 2. The van der Waals surface area contributed by atoms with Crippen LogP contribution in [-0.2, 0) is 9.59 Å². The van der Waals surface area contributed by atoms with Crippen LogP contribution in [0.15, 0.2) is 48.0 Å². The number of hydrogen-bond donors (Lipinski definition) is 1. The highest BCUT2D eigenvalue weighted by Crippen LogP contribution is 2.40. The van der Waals surface area contributed by atoms with Crippen molar-refractivity contribution >= 4 is 23.6 Å². The molecule has 3 rings (SSSR count). The van der Waals surface area contributed by atoms with Gasteiger partial charge in [-0.3, -0.25) is 15.0 Å². The van der Waals surface area contributed by atoms with Crippen LogP contribution >= 0.6 is 0 Å². The summed E-state index contributed by atoms with van der Waals surface area (Å²) in [4.78, 5) is 25.0. The van der Waals surface area contributed by atoms with Gasteiger partial charge in [-0.2, -0.15) is 0 Å². The number of rotatable bonds is 5. The largest absolute Gasteiger partial charge is 0.493 e. The predicted molar refractivity (Wildman–Crippen MR) is 96.1 cm³/mol. The summed E-state index contributed by atoms with van der Waals surface area (Å²) in [5.74, 6) is 0.307. The number of anilines is 1. The lowest BCUT2D eigenvalue weighted by Crippen LogP contribution is -2.35. The van der Waals surface area contributed by atoms with Crippen LogP contribution in [0.2, 0.25) is 0 Å². The molecule has 2 amide bonds. The molecular weight excluding hydrogens is 336 g/mol. The van der Waals surface area contributed by atoms with E-state index in [2.05, 4.69) is 5.43 Å². The van der Waals surface area contributed by atoms with Crippen LogP contribution < -0.4 is 24.6 Å². The monoisotopic (exact) mass is 354 g/mol. The van der Waals surface area contributed by atoms with E-state index in [1.54, 1.807) is 36.4 Å². The Hall–Kier alpha value is -3.48. The van der Waals surface area contributed by atoms with Crippen molar-refractivity contribution in [1.29, 1.82) is 0 Å². The van der Waals surface area contributed by atoms with E-state index in [4.69, 9.17) is 14.2 Å². The number of methoxy groups -OCH3 is 3. The summed E-state index contributed by atoms with van der Waals surface area (Å²) in [6, 6.07) is 12.2. The molecule has 0 bridgehead atoms. The van der Waals surface area contributed by atoms with Crippen LogP contribution in [0.5, 0.6) is 17.2 Å². The molecule has 0 saturated carbocycles. The number of carbonyl (C=O) groups excluding carboxylic acids is 2. The van der Waals surface area contributed by atoms with E-state index in [9.17, 15) is 9.59 Å². The number of hydrogen-bond acceptors (Lipinski definition) is 5. The second kappa shape index (κ2) is 7.18. The minimum absolute atomic E-state index is 0.000581. The van der Waals surface area contributed by atoms with Gasteiger partial charge in [-0.05, 0) is 30.3 Å². The van der Waals surface area contributed by atoms with Crippen LogP contribution in [0.25, 0.3) is 6.08 Å². The zero-order chi connectivity index (χ0) is 18.7. The molecule has 0 aromatic heterocycles. The van der Waals surface area contributed by atoms with Gasteiger partial charge >= 0.3 is 0 Å². The molecule has 0 radical (unpaired) electrons. The summed E-state index contributed by atoms with van der Waals surface area (Å²) >= 11 is 0. The molecule has 2 aromatic rings. The van der Waals surface area contributed by atoms with Gasteiger partial charge in [0.2, 0.25) is 5.75 Å². The first-order valence-corrected chi connectivity index (χ1v) is 7.81. The van der Waals surface area contributed by atoms with Crippen molar-refractivity contribution in [2.24, 2.45) is 0 Å². The molecule has 1 N–H and O–H groups in total. The number of amides is 2. The topological polar surface area (TPSA) is 77.1 Å². The Balaban J connectivity index is 2.03. The van der Waals surface area contributed by atoms with E-state index < -0.39 is 11.8 Å². The van der Waals surface area contributed by atoms with Gasteiger partial charge in [0, 0.05) is 5.56 Å². The summed E-state index contributed by atoms with van der Waals surface area (Å²) in [7, 11) is 4.48. The molecule has 0 atom stereocenters. The lowest BCUT2D eigenvalue weighted by Gasteiger charge is -2.14. The fourth-order valence-corrected chi connectivity index (χ4v) is 2.71. The molecule has 1 aliphatic heterocycles. The van der Waals surface area contributed by atoms with Gasteiger partial charge in [-0.15, -0.1) is 0 Å². The Morgan fingerprint density at radius 3 is 2.19 bits per heavy atom. The first-order chi connectivity index (χ1) is 12.6. The summed E-state index contributed by atoms with van der Waals surface area (Å²) < 4.78 is 16.0. The fraction of sp³-hybridized carbons (Fsp3) is 0.158. The molecule has 134 valence electrons. The molecular formula is C19H18N2O5. The maximum Gasteiger partial charge on any atom is 0.282 e. The molecule has 7 heteroatoms. The van der Waals surface area contributed by atoms with Crippen molar-refractivity contribution in [3.05, 3.63) is 53.6 Å². The van der Waals surface area contributed by atoms with Gasteiger partial charge in [0.25, 0.3) is 11.8 Å². The zero-order valence-corrected chi connectivity index (χ0v) is 14.6. The van der Waals surface area contributed by atoms with E-state index in [0.29, 0.717) is 28.5 Å². The number of hydrazine groups is 1. The first-order valence-electron chi connectivity index (χ1n) is 7.81. The van der Waals surface area contributed by atoms with Crippen LogP contribution in [0, 0.1) is 0 Å². The third kappa shape index (κ3) is 2.95. The van der Waals surface area contributed by atoms with Gasteiger partial charge in [0.1, 0.15) is 5.57 Å². The molecule has 1 aliphatic rings. The Kier molecular flexibility index (Phi) is 4.79. The van der Waals surface area contributed by atoms with Crippen LogP contribution in [0.3, 0.4) is 0 Å². The zero-order valence-electron chi connectivity index (χ0n) is 14.6. The molecule has 26 heavy (non-hydrogen) atoms. The number of carbonyl (C=O) groups is 2. The average Bonchev–Trinajstić information content (AvgIpc) is 2.96. The maximum atomic E-state index is 12.7. The Morgan fingerprint density at radius 1 is 0.885 bits per heavy atom. The van der Waals surface area contributed by atoms with Crippen LogP contribution in [-0.4, -0.2) is 33.1 Å². The predicted octanol–water partition coefficient (Wildman–Crippen LogP) is 2.17. The normalized spacial score (nSPS) is 15.2. The van der Waals surface area contributed by atoms with Gasteiger partial charge in [-0.25, -0.2) is 5.01 Å². The molecule has 7 nitrogen and oxygen atoms in total. The summed E-state index contributed by atoms with van der Waals surface area (Å²) in [5.41, 5.74) is 3.66. The third-order valence-corrected chi connectivity index (χ3v) is 3.94. The Bertz CT molecular complexity index is 877. The van der Waals surface area contributed by atoms with Crippen molar-refractivity contribution in [3.63, 3.8) is 0 Å². The number of para-hydroxylation sites is 1. The standard InChI is InChI=1S/C19H18N2O5/c1-24-15-10-9-12(16(25-2)17(15)26-3)11-14-18(22)20-21(19(14)23)13-7-5-4-6-8-13/h4-11H,1-3H3,(H,20,22). The lowest BCUT2D eigenvalue weighted by molar-refractivity contribution is -0.117. The first kappa shape index (κ1) is 17.3. The van der Waals surface area contributed by atoms with Crippen molar-refractivity contribution in [2.75, 3.05) is 26.3 Å². The summed E-state index contributed by atoms with van der Waals surface area (Å²) in [6.07, 6.45) is 1.47. The van der Waals surface area contributed by atoms with E-state index in [-0.39, 0.29) is 5.57 Å². The van der Waals surface area contributed by atoms with Crippen LogP contribution in [0.4, 0.5) is 5.69 Å². The Labute approximate surface area is 150 Å². The minimum Gasteiger partial charge on any atom is -0.493 e. The van der Waals surface area contributed by atoms with Crippen molar-refractivity contribution in [3.8, 4) is 17.2 Å². The SMILES string of the molecule is COc1ccc(C=C2C(=O)NN(c3ccccc3)C2=O)c(OC)c1OC. The molecule has 2 aromatic carbocycles. The second-order valence-corrected chi connectivity index (χ2v) is 5.40. The minimum atomic E-state index is -0.490. The maximum absolute atomic E-state index is 12.7. The van der Waals surface area contributed by atoms with Gasteiger partial charge in [-0.1, -0.05) is 18.2 Å². The lowest BCUT2D eigenvalue weighted by atomic mass is 10.1. The molecule has 1 fully saturated rings. The fourth-order valence-electron chi connectivity index (χ4n) is 2.71.